The maximum absolute atomic E-state index is 12.6. The highest BCUT2D eigenvalue weighted by Crippen LogP contribution is 2.21. The molecule has 1 amide bonds. The second kappa shape index (κ2) is 8.70. The Morgan fingerprint density at radius 2 is 2.07 bits per heavy atom. The van der Waals surface area contributed by atoms with Gasteiger partial charge in [0, 0.05) is 52.2 Å². The number of aryl methyl sites for hydroxylation is 1. The van der Waals surface area contributed by atoms with Crippen LogP contribution in [0.15, 0.2) is 30.7 Å². The number of piperidine rings is 1. The van der Waals surface area contributed by atoms with Crippen LogP contribution in [-0.2, 0) is 11.8 Å². The molecule has 4 heterocycles. The molecular formula is C20H29N7O. The minimum atomic E-state index is -0.0198. The van der Waals surface area contributed by atoms with Gasteiger partial charge in [0.15, 0.2) is 0 Å². The Labute approximate surface area is 165 Å². The zero-order chi connectivity index (χ0) is 19.3. The number of hydrogen-bond acceptors (Lipinski definition) is 6. The lowest BCUT2D eigenvalue weighted by atomic mass is 10.1. The number of nitrogens with one attached hydrogen (secondary N) is 2. The number of carbonyl (C=O) groups excluding carboxylic acids is 1. The fourth-order valence-corrected chi connectivity index (χ4v) is 4.04. The van der Waals surface area contributed by atoms with Crippen LogP contribution in [0.4, 0.5) is 11.5 Å². The predicted octanol–water partition coefficient (Wildman–Crippen LogP) is 1.39. The van der Waals surface area contributed by atoms with Crippen molar-refractivity contribution in [2.75, 3.05) is 49.5 Å². The van der Waals surface area contributed by atoms with Gasteiger partial charge in [-0.25, -0.2) is 9.97 Å². The monoisotopic (exact) mass is 383 g/mol. The first-order valence-electron chi connectivity index (χ1n) is 10.1. The van der Waals surface area contributed by atoms with Gasteiger partial charge in [-0.3, -0.25) is 9.69 Å². The molecule has 2 aliphatic heterocycles. The summed E-state index contributed by atoms with van der Waals surface area (Å²) in [5, 5.41) is 6.39. The van der Waals surface area contributed by atoms with Gasteiger partial charge in [-0.05, 0) is 31.4 Å². The van der Waals surface area contributed by atoms with Gasteiger partial charge in [-0.2, -0.15) is 0 Å². The molecule has 2 aromatic rings. The fraction of sp³-hybridized carbons (Fsp3) is 0.550. The third-order valence-electron chi connectivity index (χ3n) is 5.57. The molecule has 8 nitrogen and oxygen atoms in total. The quantitative estimate of drug-likeness (QED) is 0.813. The Kier molecular flexibility index (Phi) is 5.87. The number of aromatic nitrogens is 3. The topological polar surface area (TPSA) is 78.3 Å². The number of anilines is 2. The van der Waals surface area contributed by atoms with Crippen molar-refractivity contribution in [2.24, 2.45) is 7.05 Å². The predicted molar refractivity (Wildman–Crippen MR) is 109 cm³/mol. The molecule has 8 heteroatoms. The smallest absolute Gasteiger partial charge is 0.238 e. The van der Waals surface area contributed by atoms with Crippen molar-refractivity contribution < 1.29 is 4.79 Å². The SMILES string of the molecule is Cn1ccnc1C1CNCCN1CC(=O)Nc1ccc(N2CCCCC2)nc1. The third-order valence-corrected chi connectivity index (χ3v) is 5.57. The average molecular weight is 384 g/mol. The van der Waals surface area contributed by atoms with Crippen LogP contribution < -0.4 is 15.5 Å². The van der Waals surface area contributed by atoms with E-state index in [4.69, 9.17) is 0 Å². The Hall–Kier alpha value is -2.45. The molecule has 0 radical (unpaired) electrons. The van der Waals surface area contributed by atoms with Crippen molar-refractivity contribution in [2.45, 2.75) is 25.3 Å². The number of pyridine rings is 1. The number of rotatable bonds is 5. The molecule has 150 valence electrons. The molecule has 2 fully saturated rings. The summed E-state index contributed by atoms with van der Waals surface area (Å²) >= 11 is 0. The van der Waals surface area contributed by atoms with Gasteiger partial charge in [0.1, 0.15) is 11.6 Å². The van der Waals surface area contributed by atoms with E-state index < -0.39 is 0 Å². The zero-order valence-corrected chi connectivity index (χ0v) is 16.5. The van der Waals surface area contributed by atoms with Gasteiger partial charge in [-0.15, -0.1) is 0 Å². The molecule has 28 heavy (non-hydrogen) atoms. The normalized spacial score (nSPS) is 20.9. The van der Waals surface area contributed by atoms with Gasteiger partial charge in [0.05, 0.1) is 24.5 Å². The van der Waals surface area contributed by atoms with Gasteiger partial charge in [0.25, 0.3) is 0 Å². The standard InChI is InChI=1S/C20H29N7O/c1-25-11-8-22-20(25)17-14-21-7-12-27(17)15-19(28)24-16-5-6-18(23-13-16)26-9-3-2-4-10-26/h5-6,8,11,13,17,21H,2-4,7,9-10,12,14-15H2,1H3,(H,24,28). The van der Waals surface area contributed by atoms with Crippen LogP contribution in [0.5, 0.6) is 0 Å². The molecule has 2 aliphatic rings. The number of piperazine rings is 1. The lowest BCUT2D eigenvalue weighted by molar-refractivity contribution is -0.118. The summed E-state index contributed by atoms with van der Waals surface area (Å²) in [5.41, 5.74) is 0.745. The molecular weight excluding hydrogens is 354 g/mol. The largest absolute Gasteiger partial charge is 0.357 e. The Morgan fingerprint density at radius 3 is 2.79 bits per heavy atom. The molecule has 0 spiro atoms. The Balaban J connectivity index is 1.36. The lowest BCUT2D eigenvalue weighted by Crippen LogP contribution is -2.49. The zero-order valence-electron chi connectivity index (χ0n) is 16.5. The van der Waals surface area contributed by atoms with Crippen molar-refractivity contribution in [3.63, 3.8) is 0 Å². The summed E-state index contributed by atoms with van der Waals surface area (Å²) in [6, 6.07) is 4.05. The van der Waals surface area contributed by atoms with E-state index in [-0.39, 0.29) is 11.9 Å². The van der Waals surface area contributed by atoms with Gasteiger partial charge in [0.2, 0.25) is 5.91 Å². The molecule has 1 atom stereocenters. The van der Waals surface area contributed by atoms with E-state index in [0.29, 0.717) is 6.54 Å². The van der Waals surface area contributed by atoms with E-state index >= 15 is 0 Å². The van der Waals surface area contributed by atoms with Crippen molar-refractivity contribution in [1.82, 2.24) is 24.8 Å². The van der Waals surface area contributed by atoms with Crippen LogP contribution in [0.1, 0.15) is 31.1 Å². The van der Waals surface area contributed by atoms with Crippen LogP contribution in [0.3, 0.4) is 0 Å². The highest BCUT2D eigenvalue weighted by atomic mass is 16.2. The molecule has 4 rings (SSSR count). The average Bonchev–Trinajstić information content (AvgIpc) is 3.15. The fourth-order valence-electron chi connectivity index (χ4n) is 4.04. The molecule has 0 saturated carbocycles. The van der Waals surface area contributed by atoms with Crippen molar-refractivity contribution in [3.8, 4) is 0 Å². The van der Waals surface area contributed by atoms with E-state index in [2.05, 4.69) is 30.4 Å². The second-order valence-corrected chi connectivity index (χ2v) is 7.59. The number of nitrogens with zero attached hydrogens (tertiary/aromatic N) is 5. The van der Waals surface area contributed by atoms with Crippen LogP contribution in [-0.4, -0.2) is 64.6 Å². The molecule has 2 aromatic heterocycles. The number of imidazole rings is 1. The van der Waals surface area contributed by atoms with Crippen LogP contribution in [0.25, 0.3) is 0 Å². The molecule has 2 saturated heterocycles. The van der Waals surface area contributed by atoms with Crippen molar-refractivity contribution in [3.05, 3.63) is 36.5 Å². The second-order valence-electron chi connectivity index (χ2n) is 7.59. The summed E-state index contributed by atoms with van der Waals surface area (Å²) in [5.74, 6) is 1.95. The first-order valence-corrected chi connectivity index (χ1v) is 10.1. The number of hydrogen-bond donors (Lipinski definition) is 2. The molecule has 2 N–H and O–H groups in total. The minimum absolute atomic E-state index is 0.0198. The number of amides is 1. The summed E-state index contributed by atoms with van der Waals surface area (Å²) < 4.78 is 2.02. The summed E-state index contributed by atoms with van der Waals surface area (Å²) in [6.07, 6.45) is 9.26. The van der Waals surface area contributed by atoms with Crippen molar-refractivity contribution >= 4 is 17.4 Å². The first kappa shape index (κ1) is 18.9. The summed E-state index contributed by atoms with van der Waals surface area (Å²) in [6.45, 7) is 4.96. The van der Waals surface area contributed by atoms with E-state index in [1.807, 2.05) is 29.9 Å². The van der Waals surface area contributed by atoms with Gasteiger partial charge < -0.3 is 20.1 Å². The van der Waals surface area contributed by atoms with Crippen LogP contribution in [0.2, 0.25) is 0 Å². The Bertz CT molecular complexity index is 782. The first-order chi connectivity index (χ1) is 13.7. The highest BCUT2D eigenvalue weighted by Gasteiger charge is 2.28. The highest BCUT2D eigenvalue weighted by molar-refractivity contribution is 5.92. The maximum atomic E-state index is 12.6. The molecule has 1 unspecified atom stereocenters. The van der Waals surface area contributed by atoms with Gasteiger partial charge >= 0.3 is 0 Å². The van der Waals surface area contributed by atoms with Crippen LogP contribution >= 0.6 is 0 Å². The van der Waals surface area contributed by atoms with E-state index in [9.17, 15) is 4.79 Å². The van der Waals surface area contributed by atoms with E-state index in [1.54, 1.807) is 12.4 Å². The summed E-state index contributed by atoms with van der Waals surface area (Å²) in [4.78, 5) is 26.1. The molecule has 0 aromatic carbocycles. The molecule has 0 bridgehead atoms. The minimum Gasteiger partial charge on any atom is -0.357 e. The van der Waals surface area contributed by atoms with Crippen molar-refractivity contribution in [1.29, 1.82) is 0 Å². The molecule has 0 aliphatic carbocycles. The summed E-state index contributed by atoms with van der Waals surface area (Å²) in [7, 11) is 1.99. The van der Waals surface area contributed by atoms with E-state index in [1.165, 1.54) is 19.3 Å². The Morgan fingerprint density at radius 1 is 1.21 bits per heavy atom. The lowest BCUT2D eigenvalue weighted by Gasteiger charge is -2.35. The van der Waals surface area contributed by atoms with E-state index in [0.717, 1.165) is 50.1 Å². The number of carbonyl (C=O) groups is 1. The third kappa shape index (κ3) is 4.34. The van der Waals surface area contributed by atoms with Gasteiger partial charge in [-0.1, -0.05) is 0 Å². The maximum Gasteiger partial charge on any atom is 0.238 e. The van der Waals surface area contributed by atoms with Crippen LogP contribution in [0, 0.1) is 0 Å².